The van der Waals surface area contributed by atoms with Crippen molar-refractivity contribution >= 4 is 32.9 Å². The van der Waals surface area contributed by atoms with E-state index < -0.39 is 33.5 Å². The predicted octanol–water partition coefficient (Wildman–Crippen LogP) is 3.68. The molecular weight excluding hydrogens is 520 g/mol. The SMILES string of the molecule is Cc1cc(COc2ccc(S(=O)(=O)NC3CCN(C(=O)NC(C)(C)C)CC3C(=O)O)cc2)c2ccccc2n1. The Morgan fingerprint density at radius 3 is 2.49 bits per heavy atom. The third-order valence-corrected chi connectivity index (χ3v) is 7.97. The van der Waals surface area contributed by atoms with Crippen molar-refractivity contribution in [2.45, 2.75) is 57.2 Å². The Morgan fingerprint density at radius 1 is 1.13 bits per heavy atom. The minimum absolute atomic E-state index is 0.00269. The first-order valence-electron chi connectivity index (χ1n) is 12.7. The molecule has 3 N–H and O–H groups in total. The number of hydrogen-bond donors (Lipinski definition) is 3. The van der Waals surface area contributed by atoms with Gasteiger partial charge in [-0.15, -0.1) is 0 Å². The molecule has 1 aliphatic heterocycles. The average molecular weight is 555 g/mol. The van der Waals surface area contributed by atoms with Crippen LogP contribution < -0.4 is 14.8 Å². The minimum Gasteiger partial charge on any atom is -0.489 e. The highest BCUT2D eigenvalue weighted by atomic mass is 32.2. The number of fused-ring (bicyclic) bond motifs is 1. The summed E-state index contributed by atoms with van der Waals surface area (Å²) in [6.45, 7) is 7.84. The largest absolute Gasteiger partial charge is 0.489 e. The Hall–Kier alpha value is -3.70. The van der Waals surface area contributed by atoms with Gasteiger partial charge in [0.25, 0.3) is 0 Å². The number of aryl methyl sites for hydroxylation is 1. The van der Waals surface area contributed by atoms with Crippen LogP contribution in [0.3, 0.4) is 0 Å². The molecule has 0 radical (unpaired) electrons. The van der Waals surface area contributed by atoms with Gasteiger partial charge in [0.05, 0.1) is 16.3 Å². The van der Waals surface area contributed by atoms with Crippen molar-refractivity contribution in [3.8, 4) is 5.75 Å². The maximum Gasteiger partial charge on any atom is 0.317 e. The summed E-state index contributed by atoms with van der Waals surface area (Å²) in [5.41, 5.74) is 2.25. The normalized spacial score (nSPS) is 18.1. The number of hydrogen-bond acceptors (Lipinski definition) is 6. The number of para-hydroxylation sites is 1. The quantitative estimate of drug-likeness (QED) is 0.405. The first kappa shape index (κ1) is 28.3. The van der Waals surface area contributed by atoms with E-state index in [1.54, 1.807) is 12.1 Å². The molecule has 4 rings (SSSR count). The zero-order chi connectivity index (χ0) is 28.4. The molecule has 0 aliphatic carbocycles. The summed E-state index contributed by atoms with van der Waals surface area (Å²) in [5.74, 6) is -1.76. The van der Waals surface area contributed by atoms with Gasteiger partial charge < -0.3 is 20.1 Å². The van der Waals surface area contributed by atoms with Crippen LogP contribution in [0.2, 0.25) is 0 Å². The van der Waals surface area contributed by atoms with E-state index >= 15 is 0 Å². The van der Waals surface area contributed by atoms with Crippen LogP contribution in [0, 0.1) is 12.8 Å². The fourth-order valence-corrected chi connectivity index (χ4v) is 5.90. The van der Waals surface area contributed by atoms with Gasteiger partial charge in [-0.05, 0) is 70.5 Å². The number of nitrogens with one attached hydrogen (secondary N) is 2. The van der Waals surface area contributed by atoms with Gasteiger partial charge in [-0.25, -0.2) is 17.9 Å². The van der Waals surface area contributed by atoms with E-state index in [1.807, 2.05) is 58.0 Å². The number of carboxylic acid groups (broad SMARTS) is 1. The molecule has 2 aromatic carbocycles. The van der Waals surface area contributed by atoms with Crippen molar-refractivity contribution in [1.82, 2.24) is 19.9 Å². The Bertz CT molecular complexity index is 1470. The Morgan fingerprint density at radius 2 is 1.82 bits per heavy atom. The third kappa shape index (κ3) is 7.04. The van der Waals surface area contributed by atoms with Gasteiger partial charge in [-0.1, -0.05) is 18.2 Å². The monoisotopic (exact) mass is 554 g/mol. The molecule has 11 heteroatoms. The number of sulfonamides is 1. The lowest BCUT2D eigenvalue weighted by atomic mass is 9.93. The molecule has 1 saturated heterocycles. The first-order chi connectivity index (χ1) is 18.3. The number of pyridine rings is 1. The summed E-state index contributed by atoms with van der Waals surface area (Å²) in [7, 11) is -4.01. The number of rotatable bonds is 7. The molecule has 2 heterocycles. The molecule has 0 bridgehead atoms. The summed E-state index contributed by atoms with van der Waals surface area (Å²) in [6.07, 6.45) is 0.175. The highest BCUT2D eigenvalue weighted by molar-refractivity contribution is 7.89. The van der Waals surface area contributed by atoms with Crippen molar-refractivity contribution in [2.75, 3.05) is 13.1 Å². The van der Waals surface area contributed by atoms with Gasteiger partial charge in [0.2, 0.25) is 10.0 Å². The van der Waals surface area contributed by atoms with E-state index in [2.05, 4.69) is 15.0 Å². The molecule has 1 aromatic heterocycles. The zero-order valence-corrected chi connectivity index (χ0v) is 23.3. The van der Waals surface area contributed by atoms with Crippen molar-refractivity contribution in [1.29, 1.82) is 0 Å². The van der Waals surface area contributed by atoms with Gasteiger partial charge >= 0.3 is 12.0 Å². The van der Waals surface area contributed by atoms with Crippen molar-refractivity contribution in [2.24, 2.45) is 5.92 Å². The number of aromatic nitrogens is 1. The molecule has 10 nitrogen and oxygen atoms in total. The molecule has 0 saturated carbocycles. The smallest absolute Gasteiger partial charge is 0.317 e. The second-order valence-electron chi connectivity index (χ2n) is 10.8. The number of piperidine rings is 1. The van der Waals surface area contributed by atoms with E-state index in [-0.39, 0.29) is 37.0 Å². The zero-order valence-electron chi connectivity index (χ0n) is 22.5. The maximum atomic E-state index is 13.1. The second-order valence-corrected chi connectivity index (χ2v) is 12.5. The number of carboxylic acids is 1. The summed E-state index contributed by atoms with van der Waals surface area (Å²) in [6, 6.07) is 14.5. The maximum absolute atomic E-state index is 13.1. The number of nitrogens with zero attached hydrogens (tertiary/aromatic N) is 2. The van der Waals surface area contributed by atoms with E-state index in [9.17, 15) is 23.1 Å². The summed E-state index contributed by atoms with van der Waals surface area (Å²) in [5, 5.41) is 13.6. The second kappa shape index (κ2) is 11.2. The highest BCUT2D eigenvalue weighted by Crippen LogP contribution is 2.24. The lowest BCUT2D eigenvalue weighted by molar-refractivity contribution is -0.143. The number of carbonyl (C=O) groups excluding carboxylic acids is 1. The van der Waals surface area contributed by atoms with Crippen molar-refractivity contribution in [3.05, 3.63) is 65.9 Å². The van der Waals surface area contributed by atoms with Gasteiger partial charge in [0, 0.05) is 41.3 Å². The molecule has 2 atom stereocenters. The molecule has 39 heavy (non-hydrogen) atoms. The van der Waals surface area contributed by atoms with Gasteiger partial charge in [0.1, 0.15) is 12.4 Å². The minimum atomic E-state index is -4.01. The highest BCUT2D eigenvalue weighted by Gasteiger charge is 2.39. The van der Waals surface area contributed by atoms with Gasteiger partial charge in [0.15, 0.2) is 0 Å². The third-order valence-electron chi connectivity index (χ3n) is 6.46. The molecule has 2 unspecified atom stereocenters. The number of carbonyl (C=O) groups is 2. The molecule has 0 spiro atoms. The summed E-state index contributed by atoms with van der Waals surface area (Å²) < 4.78 is 34.7. The predicted molar refractivity (Wildman–Crippen MR) is 147 cm³/mol. The lowest BCUT2D eigenvalue weighted by Gasteiger charge is -2.38. The van der Waals surface area contributed by atoms with Crippen LogP contribution in [0.5, 0.6) is 5.75 Å². The van der Waals surface area contributed by atoms with Crippen LogP contribution in [0.25, 0.3) is 10.9 Å². The average Bonchev–Trinajstić information content (AvgIpc) is 2.86. The van der Waals surface area contributed by atoms with Crippen LogP contribution in [-0.4, -0.2) is 60.1 Å². The van der Waals surface area contributed by atoms with Crippen molar-refractivity contribution < 1.29 is 27.9 Å². The number of amides is 2. The summed E-state index contributed by atoms with van der Waals surface area (Å²) in [4.78, 5) is 30.4. The fraction of sp³-hybridized carbons (Fsp3) is 0.393. The van der Waals surface area contributed by atoms with Crippen LogP contribution in [-0.2, 0) is 21.4 Å². The van der Waals surface area contributed by atoms with E-state index in [0.29, 0.717) is 5.75 Å². The molecular formula is C28H34N4O6S. The number of ether oxygens (including phenoxy) is 1. The van der Waals surface area contributed by atoms with E-state index in [4.69, 9.17) is 4.74 Å². The van der Waals surface area contributed by atoms with Crippen LogP contribution in [0.1, 0.15) is 38.4 Å². The number of urea groups is 1. The van der Waals surface area contributed by atoms with Gasteiger partial charge in [-0.3, -0.25) is 9.78 Å². The number of likely N-dealkylation sites (tertiary alicyclic amines) is 1. The Kier molecular flexibility index (Phi) is 8.12. The van der Waals surface area contributed by atoms with E-state index in [0.717, 1.165) is 22.2 Å². The van der Waals surface area contributed by atoms with Crippen LogP contribution in [0.4, 0.5) is 4.79 Å². The molecule has 1 fully saturated rings. The van der Waals surface area contributed by atoms with E-state index in [1.165, 1.54) is 17.0 Å². The standard InChI is InChI=1S/C28H34N4O6S/c1-18-15-19(22-7-5-6-8-24(22)29-18)17-38-20-9-11-21(12-10-20)39(36,37)31-25-13-14-32(16-23(25)26(33)34)27(35)30-28(2,3)4/h5-12,15,23,25,31H,13-14,16-17H2,1-4H3,(H,30,35)(H,33,34). The molecule has 3 aromatic rings. The summed E-state index contributed by atoms with van der Waals surface area (Å²) >= 11 is 0. The number of aliphatic carboxylic acids is 1. The molecule has 208 valence electrons. The lowest BCUT2D eigenvalue weighted by Crippen LogP contribution is -2.58. The Balaban J connectivity index is 1.41. The number of benzene rings is 2. The van der Waals surface area contributed by atoms with Crippen LogP contribution in [0.15, 0.2) is 59.5 Å². The first-order valence-corrected chi connectivity index (χ1v) is 14.2. The molecule has 1 aliphatic rings. The fourth-order valence-electron chi connectivity index (χ4n) is 4.59. The topological polar surface area (TPSA) is 138 Å². The van der Waals surface area contributed by atoms with Crippen molar-refractivity contribution in [3.63, 3.8) is 0 Å². The molecule has 2 amide bonds. The van der Waals surface area contributed by atoms with Gasteiger partial charge in [-0.2, -0.15) is 0 Å². The van der Waals surface area contributed by atoms with Crippen LogP contribution >= 0.6 is 0 Å². The Labute approximate surface area is 228 Å².